The molecule has 1 aliphatic rings. The summed E-state index contributed by atoms with van der Waals surface area (Å²) in [6.07, 6.45) is 6.51. The zero-order valence-electron chi connectivity index (χ0n) is 22.0. The molecule has 36 heavy (non-hydrogen) atoms. The van der Waals surface area contributed by atoms with Crippen molar-refractivity contribution in [2.24, 2.45) is 0 Å². The fourth-order valence-electron chi connectivity index (χ4n) is 4.73. The molecule has 1 fully saturated rings. The van der Waals surface area contributed by atoms with Crippen LogP contribution < -0.4 is 14.2 Å². The van der Waals surface area contributed by atoms with Crippen LogP contribution in [0.5, 0.6) is 17.2 Å². The quantitative estimate of drug-likeness (QED) is 0.330. The van der Waals surface area contributed by atoms with Crippen LogP contribution in [0.1, 0.15) is 36.0 Å². The van der Waals surface area contributed by atoms with E-state index in [2.05, 4.69) is 54.2 Å². The van der Waals surface area contributed by atoms with Gasteiger partial charge in [0.2, 0.25) is 0 Å². The number of hydrogen-bond donors (Lipinski definition) is 0. The van der Waals surface area contributed by atoms with E-state index in [-0.39, 0.29) is 5.60 Å². The van der Waals surface area contributed by atoms with E-state index in [9.17, 15) is 0 Å². The lowest BCUT2D eigenvalue weighted by Gasteiger charge is -2.40. The summed E-state index contributed by atoms with van der Waals surface area (Å²) in [5.41, 5.74) is 3.38. The predicted molar refractivity (Wildman–Crippen MR) is 141 cm³/mol. The minimum atomic E-state index is -0.251. The topological polar surface area (TPSA) is 58.0 Å². The molecule has 0 spiro atoms. The van der Waals surface area contributed by atoms with Gasteiger partial charge in [-0.3, -0.25) is 9.58 Å². The van der Waals surface area contributed by atoms with Crippen LogP contribution in [0.3, 0.4) is 0 Å². The monoisotopic (exact) mass is 493 g/mol. The van der Waals surface area contributed by atoms with Crippen molar-refractivity contribution in [3.8, 4) is 17.2 Å². The van der Waals surface area contributed by atoms with Crippen LogP contribution in [0.25, 0.3) is 0 Å². The van der Waals surface area contributed by atoms with Gasteiger partial charge in [0, 0.05) is 52.1 Å². The highest BCUT2D eigenvalue weighted by atomic mass is 16.5. The number of aryl methyl sites for hydroxylation is 3. The Morgan fingerprint density at radius 1 is 0.944 bits per heavy atom. The van der Waals surface area contributed by atoms with Crippen molar-refractivity contribution in [2.45, 2.75) is 51.8 Å². The number of methoxy groups -OCH3 is 2. The van der Waals surface area contributed by atoms with Gasteiger partial charge in [-0.05, 0) is 62.1 Å². The highest BCUT2D eigenvalue weighted by Gasteiger charge is 2.35. The zero-order valence-corrected chi connectivity index (χ0v) is 22.0. The molecule has 0 unspecified atom stereocenters. The van der Waals surface area contributed by atoms with E-state index in [0.29, 0.717) is 13.2 Å². The van der Waals surface area contributed by atoms with Gasteiger partial charge in [0.15, 0.2) is 11.5 Å². The third-order valence-corrected chi connectivity index (χ3v) is 7.00. The SMILES string of the molecule is COc1cc(CN2CCC(COc3ccc(C)cc3C)(OC)CC2)ccc1OCCCn1cccn1. The van der Waals surface area contributed by atoms with Crippen LogP contribution in [-0.2, 0) is 17.8 Å². The predicted octanol–water partition coefficient (Wildman–Crippen LogP) is 5.04. The summed E-state index contributed by atoms with van der Waals surface area (Å²) < 4.78 is 25.7. The molecule has 0 aliphatic carbocycles. The summed E-state index contributed by atoms with van der Waals surface area (Å²) in [7, 11) is 3.50. The molecule has 1 aliphatic heterocycles. The number of piperidine rings is 1. The van der Waals surface area contributed by atoms with Crippen LogP contribution in [0.2, 0.25) is 0 Å². The van der Waals surface area contributed by atoms with Gasteiger partial charge >= 0.3 is 0 Å². The maximum Gasteiger partial charge on any atom is 0.161 e. The van der Waals surface area contributed by atoms with E-state index in [1.807, 2.05) is 23.0 Å². The first-order valence-corrected chi connectivity index (χ1v) is 12.7. The normalized spacial score (nSPS) is 15.6. The Morgan fingerprint density at radius 2 is 1.75 bits per heavy atom. The average Bonchev–Trinajstić information content (AvgIpc) is 3.41. The summed E-state index contributed by atoms with van der Waals surface area (Å²) in [4.78, 5) is 2.47. The van der Waals surface area contributed by atoms with Gasteiger partial charge in [0.05, 0.1) is 13.7 Å². The molecular weight excluding hydrogens is 454 g/mol. The number of aromatic nitrogens is 2. The third-order valence-electron chi connectivity index (χ3n) is 7.00. The Morgan fingerprint density at radius 3 is 2.44 bits per heavy atom. The van der Waals surface area contributed by atoms with E-state index in [1.165, 1.54) is 11.1 Å². The summed E-state index contributed by atoms with van der Waals surface area (Å²) in [6.45, 7) is 9.00. The zero-order chi connectivity index (χ0) is 25.4. The number of likely N-dealkylation sites (tertiary alicyclic amines) is 1. The minimum absolute atomic E-state index is 0.251. The van der Waals surface area contributed by atoms with Crippen molar-refractivity contribution in [3.05, 3.63) is 71.5 Å². The molecule has 0 N–H and O–H groups in total. The van der Waals surface area contributed by atoms with Crippen LogP contribution in [-0.4, -0.2) is 60.8 Å². The second-order valence-electron chi connectivity index (χ2n) is 9.68. The molecule has 7 nitrogen and oxygen atoms in total. The lowest BCUT2D eigenvalue weighted by atomic mass is 9.91. The van der Waals surface area contributed by atoms with Crippen molar-refractivity contribution in [1.29, 1.82) is 0 Å². The summed E-state index contributed by atoms with van der Waals surface area (Å²) in [5.74, 6) is 2.49. The van der Waals surface area contributed by atoms with Crippen LogP contribution in [0, 0.1) is 13.8 Å². The molecule has 0 amide bonds. The number of hydrogen-bond acceptors (Lipinski definition) is 6. The fraction of sp³-hybridized carbons (Fsp3) is 0.483. The van der Waals surface area contributed by atoms with Gasteiger partial charge in [-0.25, -0.2) is 0 Å². The second-order valence-corrected chi connectivity index (χ2v) is 9.68. The Bertz CT molecular complexity index is 1090. The molecule has 194 valence electrons. The first-order chi connectivity index (χ1) is 17.5. The van der Waals surface area contributed by atoms with Gasteiger partial charge in [0.25, 0.3) is 0 Å². The van der Waals surface area contributed by atoms with Crippen molar-refractivity contribution < 1.29 is 18.9 Å². The largest absolute Gasteiger partial charge is 0.493 e. The van der Waals surface area contributed by atoms with E-state index in [0.717, 1.165) is 68.3 Å². The molecule has 2 heterocycles. The number of rotatable bonds is 12. The maximum atomic E-state index is 6.20. The molecule has 0 atom stereocenters. The summed E-state index contributed by atoms with van der Waals surface area (Å²) >= 11 is 0. The highest BCUT2D eigenvalue weighted by Crippen LogP contribution is 2.31. The molecular formula is C29H39N3O4. The van der Waals surface area contributed by atoms with Gasteiger partial charge in [-0.15, -0.1) is 0 Å². The standard InChI is InChI=1S/C29H39N3O4/c1-23-7-9-26(24(2)19-23)36-22-29(34-4)11-16-31(17-12-29)21-25-8-10-27(28(20-25)33-3)35-18-6-15-32-14-5-13-30-32/h5,7-10,13-14,19-20H,6,11-12,15-18,21-22H2,1-4H3. The third kappa shape index (κ3) is 6.80. The van der Waals surface area contributed by atoms with E-state index in [4.69, 9.17) is 18.9 Å². The van der Waals surface area contributed by atoms with Crippen molar-refractivity contribution in [1.82, 2.24) is 14.7 Å². The summed E-state index contributed by atoms with van der Waals surface area (Å²) in [5, 5.41) is 4.22. The van der Waals surface area contributed by atoms with Crippen LogP contribution >= 0.6 is 0 Å². The Balaban J connectivity index is 1.26. The molecule has 7 heteroatoms. The molecule has 3 aromatic rings. The molecule has 2 aromatic carbocycles. The van der Waals surface area contributed by atoms with Crippen molar-refractivity contribution in [2.75, 3.05) is 40.5 Å². The lowest BCUT2D eigenvalue weighted by molar-refractivity contribution is -0.0840. The first kappa shape index (κ1) is 26.0. The minimum Gasteiger partial charge on any atom is -0.493 e. The van der Waals surface area contributed by atoms with Gasteiger partial charge in [-0.1, -0.05) is 23.8 Å². The van der Waals surface area contributed by atoms with E-state index >= 15 is 0 Å². The smallest absolute Gasteiger partial charge is 0.161 e. The summed E-state index contributed by atoms with van der Waals surface area (Å²) in [6, 6.07) is 14.5. The highest BCUT2D eigenvalue weighted by molar-refractivity contribution is 5.43. The first-order valence-electron chi connectivity index (χ1n) is 12.7. The fourth-order valence-corrected chi connectivity index (χ4v) is 4.73. The van der Waals surface area contributed by atoms with Gasteiger partial charge in [-0.2, -0.15) is 5.10 Å². The van der Waals surface area contributed by atoms with Crippen LogP contribution in [0.15, 0.2) is 54.9 Å². The van der Waals surface area contributed by atoms with E-state index in [1.54, 1.807) is 20.4 Å². The Kier molecular flexibility index (Phi) is 8.88. The molecule has 1 saturated heterocycles. The molecule has 4 rings (SSSR count). The van der Waals surface area contributed by atoms with Gasteiger partial charge < -0.3 is 18.9 Å². The molecule has 1 aromatic heterocycles. The molecule has 0 bridgehead atoms. The molecule has 0 saturated carbocycles. The van der Waals surface area contributed by atoms with Crippen molar-refractivity contribution in [3.63, 3.8) is 0 Å². The van der Waals surface area contributed by atoms with Crippen LogP contribution in [0.4, 0.5) is 0 Å². The Hall–Kier alpha value is -3.03. The van der Waals surface area contributed by atoms with Crippen molar-refractivity contribution >= 4 is 0 Å². The Labute approximate surface area is 214 Å². The molecule has 0 radical (unpaired) electrons. The maximum absolute atomic E-state index is 6.20. The van der Waals surface area contributed by atoms with E-state index < -0.39 is 0 Å². The number of nitrogens with zero attached hydrogens (tertiary/aromatic N) is 3. The second kappa shape index (κ2) is 12.3. The lowest BCUT2D eigenvalue weighted by Crippen LogP contribution is -2.48. The van der Waals surface area contributed by atoms with Gasteiger partial charge in [0.1, 0.15) is 18.0 Å². The number of ether oxygens (including phenoxy) is 4. The number of benzene rings is 2. The average molecular weight is 494 g/mol.